The fraction of sp³-hybridized carbons (Fsp3) is 0.240. The second kappa shape index (κ2) is 9.36. The van der Waals surface area contributed by atoms with Gasteiger partial charge in [-0.15, -0.1) is 10.2 Å². The summed E-state index contributed by atoms with van der Waals surface area (Å²) in [5.41, 5.74) is 1.50. The highest BCUT2D eigenvalue weighted by Crippen LogP contribution is 2.24. The molecule has 34 heavy (non-hydrogen) atoms. The molecular formula is C25H25N5O3S. The first-order valence-corrected chi connectivity index (χ1v) is 12.8. The van der Waals surface area contributed by atoms with Crippen LogP contribution in [-0.2, 0) is 27.8 Å². The van der Waals surface area contributed by atoms with Gasteiger partial charge in [-0.1, -0.05) is 36.8 Å². The molecule has 4 aromatic rings. The van der Waals surface area contributed by atoms with E-state index in [2.05, 4.69) is 24.8 Å². The molecule has 1 amide bonds. The van der Waals surface area contributed by atoms with Crippen LogP contribution in [0.15, 0.2) is 71.6 Å². The van der Waals surface area contributed by atoms with Gasteiger partial charge in [-0.25, -0.2) is 13.1 Å². The Kier molecular flexibility index (Phi) is 6.12. The largest absolute Gasteiger partial charge is 0.325 e. The molecule has 2 N–H and O–H groups in total. The summed E-state index contributed by atoms with van der Waals surface area (Å²) in [5.74, 6) is 1.40. The smallest absolute Gasteiger partial charge is 0.241 e. The monoisotopic (exact) mass is 475 g/mol. The van der Waals surface area contributed by atoms with Crippen molar-refractivity contribution in [2.24, 2.45) is 0 Å². The summed E-state index contributed by atoms with van der Waals surface area (Å²) in [6.45, 7) is 0.544. The van der Waals surface area contributed by atoms with Gasteiger partial charge in [0.05, 0.1) is 11.4 Å². The lowest BCUT2D eigenvalue weighted by atomic mass is 10.1. The highest BCUT2D eigenvalue weighted by molar-refractivity contribution is 7.89. The minimum absolute atomic E-state index is 0.121. The molecule has 0 aliphatic carbocycles. The SMILES string of the molecule is O=C(CNS(=O)(=O)c1ccc2ccccc2c1)Nc1ccc(-c2nnc3n2CCCCC3)cc1. The van der Waals surface area contributed by atoms with Crippen molar-refractivity contribution in [2.45, 2.75) is 37.1 Å². The molecule has 174 valence electrons. The Morgan fingerprint density at radius 1 is 0.912 bits per heavy atom. The highest BCUT2D eigenvalue weighted by Gasteiger charge is 2.17. The number of hydrogen-bond donors (Lipinski definition) is 2. The number of amides is 1. The number of anilines is 1. The van der Waals surface area contributed by atoms with Crippen molar-refractivity contribution in [2.75, 3.05) is 11.9 Å². The number of aryl methyl sites for hydroxylation is 1. The van der Waals surface area contributed by atoms with Gasteiger partial charge in [-0.2, -0.15) is 0 Å². The minimum atomic E-state index is -3.82. The zero-order valence-electron chi connectivity index (χ0n) is 18.6. The van der Waals surface area contributed by atoms with Gasteiger partial charge in [0.1, 0.15) is 5.82 Å². The summed E-state index contributed by atoms with van der Waals surface area (Å²) in [7, 11) is -3.82. The van der Waals surface area contributed by atoms with Gasteiger partial charge in [-0.3, -0.25) is 4.79 Å². The molecule has 0 bridgehead atoms. The van der Waals surface area contributed by atoms with Crippen molar-refractivity contribution in [3.8, 4) is 11.4 Å². The van der Waals surface area contributed by atoms with E-state index in [9.17, 15) is 13.2 Å². The van der Waals surface area contributed by atoms with Crippen LogP contribution >= 0.6 is 0 Å². The summed E-state index contributed by atoms with van der Waals surface area (Å²) in [4.78, 5) is 12.5. The fourth-order valence-electron chi connectivity index (χ4n) is 4.18. The number of sulfonamides is 1. The van der Waals surface area contributed by atoms with Crippen molar-refractivity contribution in [1.29, 1.82) is 0 Å². The van der Waals surface area contributed by atoms with Gasteiger partial charge in [0.2, 0.25) is 15.9 Å². The lowest BCUT2D eigenvalue weighted by molar-refractivity contribution is -0.115. The topological polar surface area (TPSA) is 106 Å². The van der Waals surface area contributed by atoms with E-state index in [1.165, 1.54) is 12.5 Å². The molecule has 9 heteroatoms. The van der Waals surface area contributed by atoms with Gasteiger partial charge in [0.15, 0.2) is 5.82 Å². The molecule has 0 saturated heterocycles. The van der Waals surface area contributed by atoms with Crippen LogP contribution in [0.25, 0.3) is 22.2 Å². The van der Waals surface area contributed by atoms with Gasteiger partial charge >= 0.3 is 0 Å². The summed E-state index contributed by atoms with van der Waals surface area (Å²) in [6, 6.07) is 19.7. The minimum Gasteiger partial charge on any atom is -0.325 e. The zero-order chi connectivity index (χ0) is 23.5. The Labute approximate surface area is 198 Å². The zero-order valence-corrected chi connectivity index (χ0v) is 19.4. The first-order valence-electron chi connectivity index (χ1n) is 11.3. The lowest BCUT2D eigenvalue weighted by Crippen LogP contribution is -2.32. The van der Waals surface area contributed by atoms with Gasteiger partial charge in [0.25, 0.3) is 0 Å². The van der Waals surface area contributed by atoms with E-state index in [4.69, 9.17) is 0 Å². The number of carbonyl (C=O) groups excluding carboxylic acids is 1. The summed E-state index contributed by atoms with van der Waals surface area (Å²) < 4.78 is 29.8. The number of rotatable bonds is 6. The molecule has 0 unspecified atom stereocenters. The molecule has 0 saturated carbocycles. The average Bonchev–Trinajstić information content (AvgIpc) is 3.11. The number of fused-ring (bicyclic) bond motifs is 2. The summed E-state index contributed by atoms with van der Waals surface area (Å²) >= 11 is 0. The molecule has 0 atom stereocenters. The van der Waals surface area contributed by atoms with Crippen LogP contribution < -0.4 is 10.0 Å². The van der Waals surface area contributed by atoms with Gasteiger partial charge < -0.3 is 9.88 Å². The molecule has 2 heterocycles. The van der Waals surface area contributed by atoms with Crippen molar-refractivity contribution in [1.82, 2.24) is 19.5 Å². The van der Waals surface area contributed by atoms with Crippen molar-refractivity contribution < 1.29 is 13.2 Å². The number of aromatic nitrogens is 3. The highest BCUT2D eigenvalue weighted by atomic mass is 32.2. The van der Waals surface area contributed by atoms with Crippen LogP contribution in [0.1, 0.15) is 25.1 Å². The predicted molar refractivity (Wildman–Crippen MR) is 131 cm³/mol. The Hall–Kier alpha value is -3.56. The maximum atomic E-state index is 12.6. The molecule has 1 aliphatic rings. The maximum absolute atomic E-state index is 12.6. The Bertz CT molecular complexity index is 1450. The standard InChI is InChI=1S/C25H25N5O3S/c31-24(17-26-34(32,33)22-14-11-18-6-3-4-7-20(18)16-22)27-21-12-9-19(10-13-21)25-29-28-23-8-2-1-5-15-30(23)25/h3-4,6-7,9-14,16,26H,1-2,5,8,15,17H2,(H,27,31). The molecule has 0 fully saturated rings. The van der Waals surface area contributed by atoms with Crippen molar-refractivity contribution in [3.05, 3.63) is 72.6 Å². The molecular weight excluding hydrogens is 450 g/mol. The van der Waals surface area contributed by atoms with Crippen LogP contribution in [0.4, 0.5) is 5.69 Å². The van der Waals surface area contributed by atoms with E-state index in [1.807, 2.05) is 36.4 Å². The van der Waals surface area contributed by atoms with Crippen molar-refractivity contribution >= 4 is 32.4 Å². The Balaban J connectivity index is 1.22. The third-order valence-corrected chi connectivity index (χ3v) is 7.39. The molecule has 1 aromatic heterocycles. The van der Waals surface area contributed by atoms with Crippen molar-refractivity contribution in [3.63, 3.8) is 0 Å². The number of hydrogen-bond acceptors (Lipinski definition) is 5. The Morgan fingerprint density at radius 2 is 1.71 bits per heavy atom. The van der Waals surface area contributed by atoms with E-state index < -0.39 is 15.9 Å². The number of nitrogens with one attached hydrogen (secondary N) is 2. The van der Waals surface area contributed by atoms with Crippen LogP contribution in [0.2, 0.25) is 0 Å². The van der Waals surface area contributed by atoms with E-state index in [-0.39, 0.29) is 11.4 Å². The first kappa shape index (κ1) is 22.2. The molecule has 0 spiro atoms. The normalized spacial score (nSPS) is 13.9. The first-order chi connectivity index (χ1) is 16.5. The molecule has 5 rings (SSSR count). The van der Waals surface area contributed by atoms with Crippen LogP contribution in [0, 0.1) is 0 Å². The fourth-order valence-corrected chi connectivity index (χ4v) is 5.20. The molecule has 8 nitrogen and oxygen atoms in total. The number of carbonyl (C=O) groups is 1. The second-order valence-corrected chi connectivity index (χ2v) is 10.1. The van der Waals surface area contributed by atoms with E-state index in [0.29, 0.717) is 5.69 Å². The number of nitrogens with zero attached hydrogens (tertiary/aromatic N) is 3. The quantitative estimate of drug-likeness (QED) is 0.442. The van der Waals surface area contributed by atoms with E-state index in [1.54, 1.807) is 24.3 Å². The average molecular weight is 476 g/mol. The number of benzene rings is 3. The van der Waals surface area contributed by atoms with E-state index in [0.717, 1.165) is 53.8 Å². The van der Waals surface area contributed by atoms with E-state index >= 15 is 0 Å². The third-order valence-electron chi connectivity index (χ3n) is 5.99. The van der Waals surface area contributed by atoms with Crippen LogP contribution in [0.5, 0.6) is 0 Å². The van der Waals surface area contributed by atoms with Crippen LogP contribution in [0.3, 0.4) is 0 Å². The van der Waals surface area contributed by atoms with Crippen LogP contribution in [-0.4, -0.2) is 35.6 Å². The predicted octanol–water partition coefficient (Wildman–Crippen LogP) is 3.74. The molecule has 1 aliphatic heterocycles. The second-order valence-electron chi connectivity index (χ2n) is 8.36. The Morgan fingerprint density at radius 3 is 2.53 bits per heavy atom. The maximum Gasteiger partial charge on any atom is 0.241 e. The van der Waals surface area contributed by atoms with Gasteiger partial charge in [0, 0.05) is 24.2 Å². The summed E-state index contributed by atoms with van der Waals surface area (Å²) in [5, 5.41) is 13.2. The lowest BCUT2D eigenvalue weighted by Gasteiger charge is -2.10. The van der Waals surface area contributed by atoms with Gasteiger partial charge in [-0.05, 0) is 60.0 Å². The third kappa shape index (κ3) is 4.71. The molecule has 0 radical (unpaired) electrons. The molecule has 3 aromatic carbocycles. The summed E-state index contributed by atoms with van der Waals surface area (Å²) in [6.07, 6.45) is 4.38.